The molecule has 0 heterocycles. The van der Waals surface area contributed by atoms with E-state index in [-0.39, 0.29) is 13.0 Å². The summed E-state index contributed by atoms with van der Waals surface area (Å²) in [5.41, 5.74) is 1.22. The summed E-state index contributed by atoms with van der Waals surface area (Å²) < 4.78 is 21.0. The summed E-state index contributed by atoms with van der Waals surface area (Å²) in [6.07, 6.45) is -0.575. The number of carbonyl (C=O) groups excluding carboxylic acids is 1. The molecule has 134 valence electrons. The molecule has 1 N–H and O–H groups in total. The molecule has 0 spiro atoms. The number of benzene rings is 2. The van der Waals surface area contributed by atoms with Gasteiger partial charge in [0, 0.05) is 6.42 Å². The lowest BCUT2D eigenvalue weighted by atomic mass is 10.1. The lowest BCUT2D eigenvalue weighted by Gasteiger charge is -2.16. The Morgan fingerprint density at radius 3 is 2.12 bits per heavy atom. The zero-order chi connectivity index (χ0) is 18.2. The molecule has 2 aromatic carbocycles. The number of methoxy groups -OCH3 is 3. The van der Waals surface area contributed by atoms with E-state index in [9.17, 15) is 9.90 Å². The molecule has 0 fully saturated rings. The normalized spacial score (nSPS) is 11.5. The highest BCUT2D eigenvalue weighted by Crippen LogP contribution is 2.38. The van der Waals surface area contributed by atoms with E-state index in [1.807, 2.05) is 6.07 Å². The van der Waals surface area contributed by atoms with Gasteiger partial charge >= 0.3 is 5.97 Å². The zero-order valence-corrected chi connectivity index (χ0v) is 14.5. The van der Waals surface area contributed by atoms with Crippen LogP contribution in [-0.2, 0) is 11.2 Å². The summed E-state index contributed by atoms with van der Waals surface area (Å²) >= 11 is 0. The van der Waals surface area contributed by atoms with Gasteiger partial charge in [-0.05, 0) is 29.8 Å². The minimum absolute atomic E-state index is 0.107. The fourth-order valence-corrected chi connectivity index (χ4v) is 2.41. The van der Waals surface area contributed by atoms with Gasteiger partial charge in [-0.2, -0.15) is 0 Å². The van der Waals surface area contributed by atoms with Crippen molar-refractivity contribution in [2.75, 3.05) is 27.9 Å². The van der Waals surface area contributed by atoms with E-state index in [4.69, 9.17) is 18.9 Å². The van der Waals surface area contributed by atoms with Gasteiger partial charge in [-0.25, -0.2) is 4.79 Å². The zero-order valence-electron chi connectivity index (χ0n) is 14.5. The van der Waals surface area contributed by atoms with Crippen molar-refractivity contribution in [1.29, 1.82) is 0 Å². The molecule has 0 unspecified atom stereocenters. The smallest absolute Gasteiger partial charge is 0.338 e. The fraction of sp³-hybridized carbons (Fsp3) is 0.316. The van der Waals surface area contributed by atoms with Gasteiger partial charge in [-0.15, -0.1) is 0 Å². The quantitative estimate of drug-likeness (QED) is 0.740. The van der Waals surface area contributed by atoms with E-state index in [2.05, 4.69) is 0 Å². The first kappa shape index (κ1) is 18.6. The van der Waals surface area contributed by atoms with Crippen molar-refractivity contribution < 1.29 is 28.8 Å². The predicted molar refractivity (Wildman–Crippen MR) is 92.5 cm³/mol. The molecular weight excluding hydrogens is 324 g/mol. The van der Waals surface area contributed by atoms with E-state index >= 15 is 0 Å². The van der Waals surface area contributed by atoms with Gasteiger partial charge in [0.1, 0.15) is 6.61 Å². The van der Waals surface area contributed by atoms with Gasteiger partial charge in [0.05, 0.1) is 33.0 Å². The van der Waals surface area contributed by atoms with Gasteiger partial charge in [-0.1, -0.05) is 18.2 Å². The van der Waals surface area contributed by atoms with Crippen LogP contribution in [0.15, 0.2) is 42.5 Å². The molecule has 0 radical (unpaired) electrons. The highest BCUT2D eigenvalue weighted by atomic mass is 16.5. The summed E-state index contributed by atoms with van der Waals surface area (Å²) in [4.78, 5) is 11.9. The minimum Gasteiger partial charge on any atom is -0.493 e. The molecule has 2 rings (SSSR count). The summed E-state index contributed by atoms with van der Waals surface area (Å²) in [5.74, 6) is 1.03. The Bertz CT molecular complexity index is 673. The average Bonchev–Trinajstić information content (AvgIpc) is 2.65. The second kappa shape index (κ2) is 8.94. The Kier molecular flexibility index (Phi) is 6.65. The molecule has 0 aromatic heterocycles. The second-order valence-electron chi connectivity index (χ2n) is 5.36. The van der Waals surface area contributed by atoms with Crippen LogP contribution in [0.1, 0.15) is 15.9 Å². The molecular formula is C19H22O6. The average molecular weight is 346 g/mol. The molecule has 0 bridgehead atoms. The summed E-state index contributed by atoms with van der Waals surface area (Å²) in [6, 6.07) is 12.1. The Morgan fingerprint density at radius 2 is 1.60 bits per heavy atom. The number of esters is 1. The Balaban J connectivity index is 2.00. The maximum atomic E-state index is 11.9. The highest BCUT2D eigenvalue weighted by molar-refractivity contribution is 5.89. The topological polar surface area (TPSA) is 74.2 Å². The molecule has 25 heavy (non-hydrogen) atoms. The number of aliphatic hydroxyl groups is 1. The van der Waals surface area contributed by atoms with Crippen molar-refractivity contribution >= 4 is 5.97 Å². The summed E-state index contributed by atoms with van der Waals surface area (Å²) in [6.45, 7) is -0.107. The van der Waals surface area contributed by atoms with Gasteiger partial charge in [0.25, 0.3) is 0 Å². The van der Waals surface area contributed by atoms with Crippen LogP contribution in [0, 0.1) is 0 Å². The van der Waals surface area contributed by atoms with Gasteiger partial charge in [0.2, 0.25) is 5.75 Å². The molecule has 6 nitrogen and oxygen atoms in total. The van der Waals surface area contributed by atoms with Crippen LogP contribution in [-0.4, -0.2) is 45.1 Å². The van der Waals surface area contributed by atoms with Gasteiger partial charge in [0.15, 0.2) is 11.5 Å². The number of aliphatic hydroxyl groups excluding tert-OH is 1. The Labute approximate surface area is 146 Å². The molecule has 2 aromatic rings. The summed E-state index contributed by atoms with van der Waals surface area (Å²) in [5, 5.41) is 10.2. The third kappa shape index (κ3) is 4.87. The first-order valence-electron chi connectivity index (χ1n) is 7.78. The van der Waals surface area contributed by atoms with E-state index in [1.54, 1.807) is 36.4 Å². The number of rotatable bonds is 8. The fourth-order valence-electron chi connectivity index (χ4n) is 2.41. The van der Waals surface area contributed by atoms with E-state index in [1.165, 1.54) is 21.3 Å². The number of carbonyl (C=O) groups is 1. The van der Waals surface area contributed by atoms with Crippen molar-refractivity contribution in [1.82, 2.24) is 0 Å². The van der Waals surface area contributed by atoms with Crippen molar-refractivity contribution in [3.8, 4) is 17.2 Å². The molecule has 0 aliphatic rings. The SMILES string of the molecule is COc1cc(C[C@H](O)COC(=O)c2ccccc2)cc(OC)c1OC. The van der Waals surface area contributed by atoms with Gasteiger partial charge in [-0.3, -0.25) is 0 Å². The lowest BCUT2D eigenvalue weighted by Crippen LogP contribution is -2.21. The van der Waals surface area contributed by atoms with Crippen LogP contribution in [0.25, 0.3) is 0 Å². The third-order valence-corrected chi connectivity index (χ3v) is 3.61. The number of hydrogen-bond acceptors (Lipinski definition) is 6. The van der Waals surface area contributed by atoms with Crippen LogP contribution < -0.4 is 14.2 Å². The molecule has 0 saturated heterocycles. The van der Waals surface area contributed by atoms with Crippen molar-refractivity contribution in [3.05, 3.63) is 53.6 Å². The maximum absolute atomic E-state index is 11.9. The first-order valence-corrected chi connectivity index (χ1v) is 7.78. The monoisotopic (exact) mass is 346 g/mol. The predicted octanol–water partition coefficient (Wildman–Crippen LogP) is 2.47. The number of ether oxygens (including phenoxy) is 4. The molecule has 0 amide bonds. The van der Waals surface area contributed by atoms with Crippen LogP contribution in [0.3, 0.4) is 0 Å². The standard InChI is InChI=1S/C19H22O6/c1-22-16-10-13(11-17(23-2)18(16)24-3)9-15(20)12-25-19(21)14-7-5-4-6-8-14/h4-8,10-11,15,20H,9,12H2,1-3H3/t15-/m0/s1. The van der Waals surface area contributed by atoms with E-state index < -0.39 is 12.1 Å². The highest BCUT2D eigenvalue weighted by Gasteiger charge is 2.16. The molecule has 0 aliphatic heterocycles. The first-order chi connectivity index (χ1) is 12.1. The lowest BCUT2D eigenvalue weighted by molar-refractivity contribution is 0.0258. The van der Waals surface area contributed by atoms with Crippen LogP contribution in [0.5, 0.6) is 17.2 Å². The number of hydrogen-bond donors (Lipinski definition) is 1. The molecule has 0 saturated carbocycles. The Morgan fingerprint density at radius 1 is 1.00 bits per heavy atom. The molecule has 1 atom stereocenters. The third-order valence-electron chi connectivity index (χ3n) is 3.61. The van der Waals surface area contributed by atoms with Gasteiger partial charge < -0.3 is 24.1 Å². The maximum Gasteiger partial charge on any atom is 0.338 e. The Hall–Kier alpha value is -2.73. The molecule has 0 aliphatic carbocycles. The van der Waals surface area contributed by atoms with Crippen LogP contribution in [0.4, 0.5) is 0 Å². The van der Waals surface area contributed by atoms with E-state index in [0.29, 0.717) is 22.8 Å². The van der Waals surface area contributed by atoms with Crippen molar-refractivity contribution in [3.63, 3.8) is 0 Å². The van der Waals surface area contributed by atoms with Crippen LogP contribution >= 0.6 is 0 Å². The summed E-state index contributed by atoms with van der Waals surface area (Å²) in [7, 11) is 4.58. The van der Waals surface area contributed by atoms with E-state index in [0.717, 1.165) is 5.56 Å². The van der Waals surface area contributed by atoms with Crippen molar-refractivity contribution in [2.24, 2.45) is 0 Å². The second-order valence-corrected chi connectivity index (χ2v) is 5.36. The van der Waals surface area contributed by atoms with Crippen LogP contribution in [0.2, 0.25) is 0 Å². The largest absolute Gasteiger partial charge is 0.493 e. The molecule has 6 heteroatoms. The minimum atomic E-state index is -0.851. The van der Waals surface area contributed by atoms with Crippen molar-refractivity contribution in [2.45, 2.75) is 12.5 Å².